The Hall–Kier alpha value is 2.04. The zero-order valence-electron chi connectivity index (χ0n) is 18.1. The Morgan fingerprint density at radius 3 is 1.55 bits per heavy atom. The molecule has 11 nitrogen and oxygen atoms in total. The summed E-state index contributed by atoms with van der Waals surface area (Å²) >= 11 is 0. The number of nitrogens with zero attached hydrogens (tertiary/aromatic N) is 4. The minimum absolute atomic E-state index is 0. The van der Waals surface area contributed by atoms with Crippen LogP contribution in [0.4, 0.5) is 5.82 Å². The van der Waals surface area contributed by atoms with Crippen LogP contribution in [0.15, 0.2) is 36.9 Å². The van der Waals surface area contributed by atoms with E-state index >= 15 is 0 Å². The van der Waals surface area contributed by atoms with Gasteiger partial charge in [0.2, 0.25) is 0 Å². The van der Waals surface area contributed by atoms with E-state index in [4.69, 9.17) is 5.73 Å². The predicted octanol–water partition coefficient (Wildman–Crippen LogP) is -2.28. The molecule has 1 aromatic carbocycles. The van der Waals surface area contributed by atoms with Crippen LogP contribution in [0.2, 0.25) is 0 Å². The second kappa shape index (κ2) is 34.0. The summed E-state index contributed by atoms with van der Waals surface area (Å²) in [5.74, 6) is -2.43. The van der Waals surface area contributed by atoms with Gasteiger partial charge in [-0.1, -0.05) is 24.5 Å². The first-order chi connectivity index (χ1) is 10.5. The van der Waals surface area contributed by atoms with Crippen molar-refractivity contribution in [3.05, 3.63) is 48.0 Å². The van der Waals surface area contributed by atoms with E-state index in [9.17, 15) is 19.8 Å². The third-order valence-corrected chi connectivity index (χ3v) is 2.53. The maximum absolute atomic E-state index is 10.3. The van der Waals surface area contributed by atoms with Crippen molar-refractivity contribution in [1.82, 2.24) is 19.9 Å². The molecule has 0 bridgehead atoms. The van der Waals surface area contributed by atoms with Gasteiger partial charge in [0.15, 0.2) is 0 Å². The first kappa shape index (κ1) is 64.8. The Morgan fingerprint density at radius 2 is 1.18 bits per heavy atom. The van der Waals surface area contributed by atoms with Gasteiger partial charge < -0.3 is 46.5 Å². The minimum Gasteiger partial charge on any atom is -2.00 e. The van der Waals surface area contributed by atoms with E-state index in [0.717, 1.165) is 6.07 Å². The number of carbonyl (C=O) groups is 2. The number of anilines is 1. The Balaban J connectivity index is -0.0000000302. The molecule has 0 aliphatic heterocycles. The molecule has 0 unspecified atom stereocenters. The summed E-state index contributed by atoms with van der Waals surface area (Å²) in [7, 11) is 0. The molecule has 0 saturated heterocycles. The number of carboxylic acid groups (broad SMARTS) is 2. The summed E-state index contributed by atoms with van der Waals surface area (Å²) in [4.78, 5) is 35.8. The number of imidazole rings is 1. The number of hydrogen-bond donors (Lipinski definition) is 1. The predicted molar refractivity (Wildman–Crippen MR) is 71.5 cm³/mol. The maximum atomic E-state index is 10.3. The molecule has 33 heavy (non-hydrogen) atoms. The fourth-order valence-electron chi connectivity index (χ4n) is 1.52. The number of aromatic carboxylic acids is 2. The van der Waals surface area contributed by atoms with E-state index in [1.807, 2.05) is 0 Å². The standard InChI is InChI=1S/C8H6O4.C5H4N5.2O.9Zn/c9-7(10)5-2-1-3-6(4-5)8(11)12;6-4-3-5(9-1-7-3)10-2-8-4;;;;;;;;;;;/h1-4H,(H,9,10)(H,11,12);1-2H,(H2-,6,7,8,9,10);;;;;;;;;;;/q;-1;2*-2;;;;;;;;;/p-2. The van der Waals surface area contributed by atoms with Crippen LogP contribution in [-0.2, 0) is 186 Å². The van der Waals surface area contributed by atoms with Crippen molar-refractivity contribution in [3.63, 3.8) is 0 Å². The Morgan fingerprint density at radius 1 is 0.758 bits per heavy atom. The Labute approximate surface area is 304 Å². The fourth-order valence-corrected chi connectivity index (χ4v) is 1.52. The van der Waals surface area contributed by atoms with E-state index in [0.29, 0.717) is 17.0 Å². The van der Waals surface area contributed by atoms with Gasteiger partial charge in [-0.2, -0.15) is 0 Å². The molecule has 0 radical (unpaired) electrons. The van der Waals surface area contributed by atoms with E-state index in [1.165, 1.54) is 30.9 Å². The number of fused-ring (bicyclic) bond motifs is 1. The van der Waals surface area contributed by atoms with Gasteiger partial charge in [0.25, 0.3) is 0 Å². The van der Waals surface area contributed by atoms with Crippen LogP contribution in [-0.4, -0.2) is 26.9 Å². The normalized spacial score (nSPS) is 6.55. The molecule has 0 aliphatic rings. The molecule has 146 valence electrons. The molecule has 0 atom stereocenters. The number of hydrogen-bond acceptors (Lipinski definition) is 8. The quantitative estimate of drug-likeness (QED) is 0.274. The van der Waals surface area contributed by atoms with Crippen LogP contribution < -0.4 is 20.9 Å². The first-order valence-electron chi connectivity index (χ1n) is 5.85. The van der Waals surface area contributed by atoms with Gasteiger partial charge in [0.05, 0.1) is 17.6 Å². The average Bonchev–Trinajstić information content (AvgIpc) is 2.98. The van der Waals surface area contributed by atoms with Crippen LogP contribution in [0.1, 0.15) is 20.7 Å². The molecule has 3 aromatic rings. The van der Waals surface area contributed by atoms with Crippen molar-refractivity contribution in [1.29, 1.82) is 0 Å². The van der Waals surface area contributed by atoms with E-state index < -0.39 is 11.9 Å². The molecule has 20 heteroatoms. The molecular weight excluding hydrogens is 911 g/mol. The van der Waals surface area contributed by atoms with Gasteiger partial charge in [-0.3, -0.25) is 0 Å². The van der Waals surface area contributed by atoms with Crippen molar-refractivity contribution < 1.29 is 206 Å². The van der Waals surface area contributed by atoms with Crippen LogP contribution in [0.25, 0.3) is 11.2 Å². The van der Waals surface area contributed by atoms with Gasteiger partial charge in [0.1, 0.15) is 12.1 Å². The molecule has 3 rings (SSSR count). The summed E-state index contributed by atoms with van der Waals surface area (Å²) in [6, 6.07) is 4.81. The number of rotatable bonds is 2. The monoisotopic (exact) mass is 905 g/mol. The largest absolute Gasteiger partial charge is 2.00 e. The van der Waals surface area contributed by atoms with Crippen molar-refractivity contribution in [2.24, 2.45) is 0 Å². The summed E-state index contributed by atoms with van der Waals surface area (Å²) in [6.45, 7) is 0. The number of nitrogen functional groups attached to an aromatic ring is 1. The summed E-state index contributed by atoms with van der Waals surface area (Å²) in [5.41, 5.74) is 6.23. The average molecular weight is 919 g/mol. The van der Waals surface area contributed by atoms with Crippen LogP contribution in [0.3, 0.4) is 0 Å². The van der Waals surface area contributed by atoms with Crippen molar-refractivity contribution in [2.75, 3.05) is 5.73 Å². The number of aromatic nitrogens is 4. The SMILES string of the molecule is Nc1ncnc2nc[n-]c12.O=C([O-])c1cccc(C(=O)[O-])c1.[O-2].[O-2].[Zn].[Zn].[Zn].[Zn].[Zn].[Zn].[Zn].[Zn].[Zn]. The zero-order valence-corrected chi connectivity index (χ0v) is 44.8. The number of carboxylic acids is 2. The first-order valence-corrected chi connectivity index (χ1v) is 5.85. The van der Waals surface area contributed by atoms with Gasteiger partial charge >= 0.3 is 0 Å². The van der Waals surface area contributed by atoms with Crippen molar-refractivity contribution in [2.45, 2.75) is 0 Å². The van der Waals surface area contributed by atoms with Gasteiger partial charge in [-0.15, -0.1) is 0 Å². The van der Waals surface area contributed by atoms with Gasteiger partial charge in [0, 0.05) is 181 Å². The van der Waals surface area contributed by atoms with Crippen molar-refractivity contribution in [3.8, 4) is 0 Å². The van der Waals surface area contributed by atoms with Crippen LogP contribution >= 0.6 is 0 Å². The number of carbonyl (C=O) groups excluding carboxylic acids is 2. The molecule has 2 aromatic heterocycles. The summed E-state index contributed by atoms with van der Waals surface area (Å²) in [5, 5.41) is 20.5. The number of nitrogens with two attached hydrogens (primary N) is 1. The molecular formula is C13H8N5O6Zn9-7. The molecule has 0 aliphatic carbocycles. The van der Waals surface area contributed by atoms with Crippen molar-refractivity contribution >= 4 is 28.9 Å². The Kier molecular flexibility index (Phi) is 66.8. The molecule has 0 spiro atoms. The Bertz CT molecular complexity index is 833. The smallest absolute Gasteiger partial charge is 0.130 e. The second-order valence-corrected chi connectivity index (χ2v) is 3.96. The van der Waals surface area contributed by atoms with Crippen LogP contribution in [0.5, 0.6) is 0 Å². The zero-order chi connectivity index (χ0) is 16.1. The second-order valence-electron chi connectivity index (χ2n) is 3.96. The van der Waals surface area contributed by atoms with Gasteiger partial charge in [-0.25, -0.2) is 9.97 Å². The molecule has 0 amide bonds. The minimum atomic E-state index is -1.40. The molecule has 0 saturated carbocycles. The third-order valence-electron chi connectivity index (χ3n) is 2.53. The third kappa shape index (κ3) is 21.8. The number of benzene rings is 1. The van der Waals surface area contributed by atoms with E-state index in [-0.39, 0.29) is 197 Å². The summed E-state index contributed by atoms with van der Waals surface area (Å²) < 4.78 is 0. The van der Waals surface area contributed by atoms with E-state index in [2.05, 4.69) is 19.9 Å². The maximum Gasteiger partial charge on any atom is 0.130 e. The fraction of sp³-hybridized carbons (Fsp3) is 0. The molecule has 2 N–H and O–H groups in total. The molecule has 2 heterocycles. The summed E-state index contributed by atoms with van der Waals surface area (Å²) in [6.07, 6.45) is 2.78. The van der Waals surface area contributed by atoms with Crippen LogP contribution in [0, 0.1) is 0 Å². The van der Waals surface area contributed by atoms with E-state index in [1.54, 1.807) is 0 Å². The topological polar surface area (TPSA) is 216 Å². The molecule has 0 fully saturated rings. The van der Waals surface area contributed by atoms with Gasteiger partial charge in [-0.05, 0) is 17.2 Å².